The monoisotopic (exact) mass is 360 g/mol. The van der Waals surface area contributed by atoms with Crippen LogP contribution in [0.5, 0.6) is 0 Å². The van der Waals surface area contributed by atoms with Gasteiger partial charge in [-0.15, -0.1) is 0 Å². The highest BCUT2D eigenvalue weighted by Crippen LogP contribution is 2.44. The smallest absolute Gasteiger partial charge is 0.334 e. The van der Waals surface area contributed by atoms with Crippen LogP contribution in [-0.4, -0.2) is 43.1 Å². The Hall–Kier alpha value is -2.18. The highest BCUT2D eigenvalue weighted by Gasteiger charge is 2.54. The van der Waals surface area contributed by atoms with Crippen molar-refractivity contribution in [3.05, 3.63) is 47.6 Å². The molecule has 3 aliphatic rings. The summed E-state index contributed by atoms with van der Waals surface area (Å²) in [6.07, 6.45) is 2.41. The van der Waals surface area contributed by atoms with E-state index >= 15 is 0 Å². The van der Waals surface area contributed by atoms with Gasteiger partial charge in [-0.2, -0.15) is 0 Å². The lowest BCUT2D eigenvalue weighted by atomic mass is 9.83. The number of esters is 2. The molecule has 3 rings (SSSR count). The van der Waals surface area contributed by atoms with Crippen LogP contribution in [0.15, 0.2) is 47.6 Å². The summed E-state index contributed by atoms with van der Waals surface area (Å²) in [5, 5.41) is 0. The maximum atomic E-state index is 12.2. The normalized spacial score (nSPS) is 38.2. The fraction of sp³-hybridized carbons (Fsp3) is 0.500. The molecule has 0 amide bonds. The van der Waals surface area contributed by atoms with Gasteiger partial charge in [0.15, 0.2) is 0 Å². The van der Waals surface area contributed by atoms with Gasteiger partial charge in [-0.05, 0) is 38.5 Å². The molecule has 6 heteroatoms. The topological polar surface area (TPSA) is 71.1 Å². The number of methoxy groups -OCH3 is 1. The molecule has 0 N–H and O–H groups in total. The summed E-state index contributed by atoms with van der Waals surface area (Å²) < 4.78 is 23.0. The van der Waals surface area contributed by atoms with Crippen molar-refractivity contribution in [2.75, 3.05) is 7.11 Å². The molecule has 6 nitrogen and oxygen atoms in total. The SMILES string of the molecule is C=C(C)C(=O)O[C@H]1C/C(C)=C/[C@@]2(OC)C=C(C)[C@H](O2)[C@H]2OC(=O)C(=C)[C@@H]21. The van der Waals surface area contributed by atoms with Gasteiger partial charge in [0.1, 0.15) is 18.3 Å². The summed E-state index contributed by atoms with van der Waals surface area (Å²) >= 11 is 0. The number of hydrogen-bond acceptors (Lipinski definition) is 6. The van der Waals surface area contributed by atoms with Crippen molar-refractivity contribution >= 4 is 11.9 Å². The molecule has 0 aromatic rings. The highest BCUT2D eigenvalue weighted by atomic mass is 16.7. The molecule has 0 saturated carbocycles. The quantitative estimate of drug-likeness (QED) is 0.438. The van der Waals surface area contributed by atoms with E-state index in [1.54, 1.807) is 14.0 Å². The van der Waals surface area contributed by atoms with Gasteiger partial charge in [0.2, 0.25) is 5.79 Å². The van der Waals surface area contributed by atoms with Gasteiger partial charge in [-0.3, -0.25) is 0 Å². The summed E-state index contributed by atoms with van der Waals surface area (Å²) in [6, 6.07) is 0. The Bertz CT molecular complexity index is 745. The Kier molecular flexibility index (Phi) is 4.67. The average molecular weight is 360 g/mol. The van der Waals surface area contributed by atoms with E-state index in [1.807, 2.05) is 26.0 Å². The minimum atomic E-state index is -1.02. The van der Waals surface area contributed by atoms with Gasteiger partial charge >= 0.3 is 11.9 Å². The van der Waals surface area contributed by atoms with Gasteiger partial charge in [0.05, 0.1) is 5.92 Å². The number of ether oxygens (including phenoxy) is 4. The van der Waals surface area contributed by atoms with Crippen molar-refractivity contribution in [1.82, 2.24) is 0 Å². The molecule has 0 unspecified atom stereocenters. The van der Waals surface area contributed by atoms with Crippen molar-refractivity contribution in [2.45, 2.75) is 51.3 Å². The van der Waals surface area contributed by atoms with E-state index in [0.29, 0.717) is 12.0 Å². The van der Waals surface area contributed by atoms with Crippen LogP contribution in [0, 0.1) is 5.92 Å². The van der Waals surface area contributed by atoms with Crippen molar-refractivity contribution in [3.8, 4) is 0 Å². The molecule has 5 atom stereocenters. The van der Waals surface area contributed by atoms with Gasteiger partial charge in [0, 0.05) is 24.7 Å². The third kappa shape index (κ3) is 3.04. The van der Waals surface area contributed by atoms with Gasteiger partial charge in [-0.25, -0.2) is 9.59 Å². The van der Waals surface area contributed by atoms with Gasteiger partial charge in [0.25, 0.3) is 0 Å². The second kappa shape index (κ2) is 6.52. The van der Waals surface area contributed by atoms with Crippen molar-refractivity contribution in [3.63, 3.8) is 0 Å². The van der Waals surface area contributed by atoms with Gasteiger partial charge in [-0.1, -0.05) is 18.7 Å². The molecule has 140 valence electrons. The van der Waals surface area contributed by atoms with E-state index in [-0.39, 0.29) is 5.57 Å². The van der Waals surface area contributed by atoms with E-state index < -0.39 is 42.0 Å². The van der Waals surface area contributed by atoms with Gasteiger partial charge < -0.3 is 18.9 Å². The fourth-order valence-electron chi connectivity index (χ4n) is 3.79. The summed E-state index contributed by atoms with van der Waals surface area (Å²) in [5.41, 5.74) is 2.38. The minimum Gasteiger partial charge on any atom is -0.458 e. The number of rotatable bonds is 3. The summed E-state index contributed by atoms with van der Waals surface area (Å²) in [5.74, 6) is -2.53. The first-order valence-corrected chi connectivity index (χ1v) is 8.54. The standard InChI is InChI=1S/C20H24O6/c1-10(2)18(21)24-14-7-11(3)8-20(23-6)9-12(4)16(26-20)17-15(14)13(5)19(22)25-17/h8-9,14-17H,1,5,7H2,2-4,6H3/b11-8+/t14-,15+,16-,17-,20-/m0/s1. The predicted molar refractivity (Wildman–Crippen MR) is 93.9 cm³/mol. The van der Waals surface area contributed by atoms with E-state index in [9.17, 15) is 9.59 Å². The van der Waals surface area contributed by atoms with Crippen LogP contribution in [0.25, 0.3) is 0 Å². The Morgan fingerprint density at radius 2 is 2.04 bits per heavy atom. The van der Waals surface area contributed by atoms with E-state index in [1.165, 1.54) is 0 Å². The average Bonchev–Trinajstić information content (AvgIpc) is 3.04. The zero-order chi connectivity index (χ0) is 19.2. The van der Waals surface area contributed by atoms with Crippen molar-refractivity contribution in [1.29, 1.82) is 0 Å². The third-order valence-corrected chi connectivity index (χ3v) is 5.05. The molecule has 2 bridgehead atoms. The first-order valence-electron chi connectivity index (χ1n) is 8.54. The molecule has 0 spiro atoms. The molecular formula is C20H24O6. The zero-order valence-electron chi connectivity index (χ0n) is 15.5. The second-order valence-corrected chi connectivity index (χ2v) is 7.19. The van der Waals surface area contributed by atoms with Crippen LogP contribution >= 0.6 is 0 Å². The van der Waals surface area contributed by atoms with Crippen LogP contribution in [0.2, 0.25) is 0 Å². The Balaban J connectivity index is 2.06. The first kappa shape index (κ1) is 18.6. The molecule has 26 heavy (non-hydrogen) atoms. The molecule has 0 aromatic heterocycles. The van der Waals surface area contributed by atoms with Crippen molar-refractivity contribution < 1.29 is 28.5 Å². The van der Waals surface area contributed by atoms with Crippen LogP contribution in [0.3, 0.4) is 0 Å². The lowest BCUT2D eigenvalue weighted by molar-refractivity contribution is -0.189. The van der Waals surface area contributed by atoms with Crippen molar-refractivity contribution in [2.24, 2.45) is 5.92 Å². The molecule has 3 heterocycles. The molecule has 1 fully saturated rings. The molecular weight excluding hydrogens is 336 g/mol. The van der Waals surface area contributed by atoms with E-state index in [2.05, 4.69) is 13.2 Å². The van der Waals surface area contributed by atoms with Crippen LogP contribution in [-0.2, 0) is 28.5 Å². The predicted octanol–water partition coefficient (Wildman–Crippen LogP) is 2.61. The molecule has 0 aromatic carbocycles. The number of carbonyl (C=O) groups is 2. The summed E-state index contributed by atoms with van der Waals surface area (Å²) in [4.78, 5) is 24.4. The third-order valence-electron chi connectivity index (χ3n) is 5.05. The van der Waals surface area contributed by atoms with Crippen LogP contribution < -0.4 is 0 Å². The van der Waals surface area contributed by atoms with E-state index in [0.717, 1.165) is 11.1 Å². The molecule has 3 aliphatic heterocycles. The Morgan fingerprint density at radius 1 is 1.35 bits per heavy atom. The van der Waals surface area contributed by atoms with E-state index in [4.69, 9.17) is 18.9 Å². The maximum absolute atomic E-state index is 12.2. The fourth-order valence-corrected chi connectivity index (χ4v) is 3.79. The Morgan fingerprint density at radius 3 is 2.65 bits per heavy atom. The second-order valence-electron chi connectivity index (χ2n) is 7.19. The molecule has 0 radical (unpaired) electrons. The number of hydrogen-bond donors (Lipinski definition) is 0. The first-order chi connectivity index (χ1) is 12.2. The summed E-state index contributed by atoms with van der Waals surface area (Å²) in [7, 11) is 1.56. The lowest BCUT2D eigenvalue weighted by Crippen LogP contribution is -2.41. The minimum absolute atomic E-state index is 0.288. The zero-order valence-corrected chi connectivity index (χ0v) is 15.5. The summed E-state index contributed by atoms with van der Waals surface area (Å²) in [6.45, 7) is 12.9. The Labute approximate surface area is 153 Å². The molecule has 1 saturated heterocycles. The number of carbonyl (C=O) groups excluding carboxylic acids is 2. The number of fused-ring (bicyclic) bond motifs is 4. The largest absolute Gasteiger partial charge is 0.458 e. The molecule has 0 aliphatic carbocycles. The van der Waals surface area contributed by atoms with Crippen LogP contribution in [0.1, 0.15) is 27.2 Å². The maximum Gasteiger partial charge on any atom is 0.334 e. The lowest BCUT2D eigenvalue weighted by Gasteiger charge is -2.30. The highest BCUT2D eigenvalue weighted by molar-refractivity contribution is 5.91. The van der Waals surface area contributed by atoms with Crippen LogP contribution in [0.4, 0.5) is 0 Å².